The second kappa shape index (κ2) is 8.40. The molecule has 0 saturated carbocycles. The molecule has 0 fully saturated rings. The summed E-state index contributed by atoms with van der Waals surface area (Å²) < 4.78 is 1.95. The second-order valence-electron chi connectivity index (χ2n) is 7.48. The van der Waals surface area contributed by atoms with Crippen LogP contribution in [0, 0.1) is 6.92 Å². The van der Waals surface area contributed by atoms with Crippen molar-refractivity contribution in [3.8, 4) is 22.4 Å². The van der Waals surface area contributed by atoms with Gasteiger partial charge in [-0.05, 0) is 63.1 Å². The van der Waals surface area contributed by atoms with Crippen molar-refractivity contribution in [1.29, 1.82) is 0 Å². The molecule has 1 atom stereocenters. The molecule has 0 bridgehead atoms. The Labute approximate surface area is 166 Å². The van der Waals surface area contributed by atoms with Crippen LogP contribution < -0.4 is 5.32 Å². The normalized spacial score (nSPS) is 12.2. The summed E-state index contributed by atoms with van der Waals surface area (Å²) in [6.07, 6.45) is 1.78. The van der Waals surface area contributed by atoms with E-state index in [-0.39, 0.29) is 24.6 Å². The average molecular weight is 377 g/mol. The number of hydrogen-bond acceptors (Lipinski definition) is 3. The molecule has 0 aliphatic carbocycles. The van der Waals surface area contributed by atoms with Crippen molar-refractivity contribution in [2.45, 2.75) is 39.8 Å². The molecule has 0 aliphatic heterocycles. The van der Waals surface area contributed by atoms with Crippen LogP contribution in [0.25, 0.3) is 22.4 Å². The van der Waals surface area contributed by atoms with Gasteiger partial charge in [-0.25, -0.2) is 0 Å². The summed E-state index contributed by atoms with van der Waals surface area (Å²) in [6.45, 7) is 7.89. The number of carbonyl (C=O) groups is 1. The fourth-order valence-electron chi connectivity index (χ4n) is 3.13. The molecule has 1 aromatic heterocycles. The molecule has 0 spiro atoms. The van der Waals surface area contributed by atoms with E-state index in [1.165, 1.54) is 5.56 Å². The van der Waals surface area contributed by atoms with E-state index < -0.39 is 0 Å². The summed E-state index contributed by atoms with van der Waals surface area (Å²) in [5.74, 6) is -0.202. The number of aromatic nitrogens is 2. The third kappa shape index (κ3) is 4.31. The van der Waals surface area contributed by atoms with Gasteiger partial charge in [-0.15, -0.1) is 0 Å². The summed E-state index contributed by atoms with van der Waals surface area (Å²) in [7, 11) is 0. The fraction of sp³-hybridized carbons (Fsp3) is 0.304. The van der Waals surface area contributed by atoms with Gasteiger partial charge in [0.1, 0.15) is 0 Å². The molecule has 5 nitrogen and oxygen atoms in total. The van der Waals surface area contributed by atoms with Gasteiger partial charge in [0, 0.05) is 29.4 Å². The van der Waals surface area contributed by atoms with Gasteiger partial charge >= 0.3 is 0 Å². The Morgan fingerprint density at radius 1 is 1.04 bits per heavy atom. The Morgan fingerprint density at radius 2 is 1.71 bits per heavy atom. The Bertz CT molecular complexity index is 958. The zero-order chi connectivity index (χ0) is 20.3. The Hall–Kier alpha value is -2.92. The minimum atomic E-state index is -0.305. The van der Waals surface area contributed by atoms with E-state index >= 15 is 0 Å². The lowest BCUT2D eigenvalue weighted by Crippen LogP contribution is -2.35. The number of carbonyl (C=O) groups excluding carboxylic acids is 1. The smallest absolute Gasteiger partial charge is 0.251 e. The Morgan fingerprint density at radius 3 is 2.36 bits per heavy atom. The monoisotopic (exact) mass is 377 g/mol. The standard InChI is InChI=1S/C23H27N3O2/c1-15(2)26-22(9-10-24-26)20-11-19(18-7-5-16(3)6-8-18)12-21(13-20)23(28)25-17(4)14-27/h5-13,15,17,27H,14H2,1-4H3,(H,25,28)/t17-/m0/s1. The number of nitrogens with one attached hydrogen (secondary N) is 1. The lowest BCUT2D eigenvalue weighted by molar-refractivity contribution is 0.0922. The van der Waals surface area contributed by atoms with Crippen LogP contribution in [0.2, 0.25) is 0 Å². The molecule has 3 rings (SSSR count). The molecular formula is C23H27N3O2. The van der Waals surface area contributed by atoms with Crippen molar-refractivity contribution in [3.05, 3.63) is 65.9 Å². The van der Waals surface area contributed by atoms with Crippen LogP contribution in [0.4, 0.5) is 0 Å². The molecule has 0 radical (unpaired) electrons. The van der Waals surface area contributed by atoms with Crippen LogP contribution in [-0.2, 0) is 0 Å². The van der Waals surface area contributed by atoms with E-state index in [9.17, 15) is 9.90 Å². The first-order valence-corrected chi connectivity index (χ1v) is 9.56. The summed E-state index contributed by atoms with van der Waals surface area (Å²) in [5, 5.41) is 16.5. The zero-order valence-electron chi connectivity index (χ0n) is 16.8. The molecule has 3 aromatic rings. The number of rotatable bonds is 6. The van der Waals surface area contributed by atoms with Gasteiger partial charge < -0.3 is 10.4 Å². The topological polar surface area (TPSA) is 67.2 Å². The van der Waals surface area contributed by atoms with Crippen LogP contribution in [0.3, 0.4) is 0 Å². The van der Waals surface area contributed by atoms with Gasteiger partial charge in [-0.3, -0.25) is 9.48 Å². The molecule has 5 heteroatoms. The summed E-state index contributed by atoms with van der Waals surface area (Å²) in [6, 6.07) is 16.0. The highest BCUT2D eigenvalue weighted by atomic mass is 16.3. The zero-order valence-corrected chi connectivity index (χ0v) is 16.8. The number of aliphatic hydroxyl groups excluding tert-OH is 1. The summed E-state index contributed by atoms with van der Waals surface area (Å²) in [5.41, 5.74) is 5.67. The van der Waals surface area contributed by atoms with Crippen molar-refractivity contribution in [3.63, 3.8) is 0 Å². The molecule has 146 valence electrons. The molecule has 2 N–H and O–H groups in total. The highest BCUT2D eigenvalue weighted by Gasteiger charge is 2.15. The Kier molecular flexibility index (Phi) is 5.95. The van der Waals surface area contributed by atoms with Crippen LogP contribution >= 0.6 is 0 Å². The summed E-state index contributed by atoms with van der Waals surface area (Å²) in [4.78, 5) is 12.7. The highest BCUT2D eigenvalue weighted by Crippen LogP contribution is 2.30. The van der Waals surface area contributed by atoms with Crippen LogP contribution in [-0.4, -0.2) is 33.4 Å². The number of hydrogen-bond donors (Lipinski definition) is 2. The van der Waals surface area contributed by atoms with Gasteiger partial charge in [0.2, 0.25) is 0 Å². The SMILES string of the molecule is Cc1ccc(-c2cc(C(=O)N[C@@H](C)CO)cc(-c3ccnn3C(C)C)c2)cc1. The number of amides is 1. The lowest BCUT2D eigenvalue weighted by atomic mass is 9.97. The van der Waals surface area contributed by atoms with Gasteiger partial charge in [0.15, 0.2) is 0 Å². The first-order valence-electron chi connectivity index (χ1n) is 9.56. The van der Waals surface area contributed by atoms with Gasteiger partial charge in [-0.1, -0.05) is 29.8 Å². The van der Waals surface area contributed by atoms with Gasteiger partial charge in [0.05, 0.1) is 12.3 Å². The van der Waals surface area contributed by atoms with E-state index in [0.29, 0.717) is 5.56 Å². The number of benzene rings is 2. The van der Waals surface area contributed by atoms with Crippen LogP contribution in [0.15, 0.2) is 54.7 Å². The summed E-state index contributed by atoms with van der Waals surface area (Å²) >= 11 is 0. The predicted molar refractivity (Wildman–Crippen MR) is 112 cm³/mol. The maximum absolute atomic E-state index is 12.7. The van der Waals surface area contributed by atoms with Gasteiger partial charge in [0.25, 0.3) is 5.91 Å². The third-order valence-electron chi connectivity index (χ3n) is 4.69. The molecule has 0 saturated heterocycles. The van der Waals surface area contributed by atoms with Crippen molar-refractivity contribution in [2.24, 2.45) is 0 Å². The quantitative estimate of drug-likeness (QED) is 0.676. The van der Waals surface area contributed by atoms with Crippen molar-refractivity contribution < 1.29 is 9.90 Å². The first kappa shape index (κ1) is 19.8. The van der Waals surface area contributed by atoms with Crippen LogP contribution in [0.1, 0.15) is 42.7 Å². The number of aliphatic hydroxyl groups is 1. The maximum Gasteiger partial charge on any atom is 0.251 e. The van der Waals surface area contributed by atoms with Crippen molar-refractivity contribution in [2.75, 3.05) is 6.61 Å². The highest BCUT2D eigenvalue weighted by molar-refractivity contribution is 5.97. The van der Waals surface area contributed by atoms with E-state index in [4.69, 9.17) is 0 Å². The number of nitrogens with zero attached hydrogens (tertiary/aromatic N) is 2. The third-order valence-corrected chi connectivity index (χ3v) is 4.69. The second-order valence-corrected chi connectivity index (χ2v) is 7.48. The molecule has 28 heavy (non-hydrogen) atoms. The first-order chi connectivity index (χ1) is 13.4. The molecular weight excluding hydrogens is 350 g/mol. The molecule has 0 aliphatic rings. The lowest BCUT2D eigenvalue weighted by Gasteiger charge is -2.15. The largest absolute Gasteiger partial charge is 0.394 e. The van der Waals surface area contributed by atoms with E-state index in [1.54, 1.807) is 13.1 Å². The Balaban J connectivity index is 2.12. The average Bonchev–Trinajstić information content (AvgIpc) is 3.18. The van der Waals surface area contributed by atoms with Crippen molar-refractivity contribution in [1.82, 2.24) is 15.1 Å². The molecule has 1 amide bonds. The van der Waals surface area contributed by atoms with E-state index in [1.807, 2.05) is 22.9 Å². The molecule has 1 heterocycles. The van der Waals surface area contributed by atoms with Crippen LogP contribution in [0.5, 0.6) is 0 Å². The number of aryl methyl sites for hydroxylation is 1. The minimum absolute atomic E-state index is 0.101. The van der Waals surface area contributed by atoms with Crippen molar-refractivity contribution >= 4 is 5.91 Å². The minimum Gasteiger partial charge on any atom is -0.394 e. The van der Waals surface area contributed by atoms with E-state index in [2.05, 4.69) is 61.5 Å². The van der Waals surface area contributed by atoms with Gasteiger partial charge in [-0.2, -0.15) is 5.10 Å². The fourth-order valence-corrected chi connectivity index (χ4v) is 3.13. The predicted octanol–water partition coefficient (Wildman–Crippen LogP) is 4.22. The molecule has 0 unspecified atom stereocenters. The molecule has 2 aromatic carbocycles. The van der Waals surface area contributed by atoms with E-state index in [0.717, 1.165) is 22.4 Å². The maximum atomic E-state index is 12.7.